The molecule has 6 aromatic rings. The van der Waals surface area contributed by atoms with Gasteiger partial charge >= 0.3 is 16.5 Å². The summed E-state index contributed by atoms with van der Waals surface area (Å²) in [7, 11) is 0. The molecule has 0 aliphatic rings. The van der Waals surface area contributed by atoms with E-state index in [1.807, 2.05) is 98.8 Å². The van der Waals surface area contributed by atoms with Crippen molar-refractivity contribution in [2.24, 2.45) is 0 Å². The molecule has 0 aliphatic carbocycles. The second kappa shape index (κ2) is 14.4. The Morgan fingerprint density at radius 2 is 1.00 bits per heavy atom. The van der Waals surface area contributed by atoms with Crippen LogP contribution in [0.5, 0.6) is 0 Å². The number of rotatable bonds is 4. The average Bonchev–Trinajstić information content (AvgIpc) is 3.62. The van der Waals surface area contributed by atoms with Crippen LogP contribution >= 0.6 is 0 Å². The Labute approximate surface area is 235 Å². The molecule has 0 bridgehead atoms. The van der Waals surface area contributed by atoms with Crippen molar-refractivity contribution in [3.8, 4) is 45.8 Å². The Balaban J connectivity index is 0.000000254. The van der Waals surface area contributed by atoms with Crippen molar-refractivity contribution in [2.75, 3.05) is 0 Å². The van der Waals surface area contributed by atoms with Crippen LogP contribution < -0.4 is 10.2 Å². The van der Waals surface area contributed by atoms with Gasteiger partial charge in [-0.05, 0) is 60.9 Å². The van der Waals surface area contributed by atoms with Gasteiger partial charge in [-0.2, -0.15) is 0 Å². The van der Waals surface area contributed by atoms with E-state index in [0.29, 0.717) is 23.3 Å². The Hall–Kier alpha value is -4.57. The van der Waals surface area contributed by atoms with E-state index in [4.69, 9.17) is 0 Å². The van der Waals surface area contributed by atoms with E-state index >= 15 is 0 Å². The van der Waals surface area contributed by atoms with Gasteiger partial charge in [0.2, 0.25) is 0 Å². The van der Waals surface area contributed by atoms with Crippen LogP contribution in [0.2, 0.25) is 0 Å². The summed E-state index contributed by atoms with van der Waals surface area (Å²) in [5.41, 5.74) is 5.84. The van der Waals surface area contributed by atoms with E-state index in [-0.39, 0.29) is 27.4 Å². The minimum Gasteiger partial charge on any atom is -0.457 e. The number of benzene rings is 2. The minimum absolute atomic E-state index is 0. The summed E-state index contributed by atoms with van der Waals surface area (Å²) in [6.07, 6.45) is 3.44. The molecule has 6 N–H and O–H groups in total. The SMILES string of the molecule is Cc1ccc(-c2n[n-]c(-c3ccccn3)n2)cc1.Cc1ccc(-c2nc(-c3ccccn3)n[n-]2)cc1.[Ni+2].[OH3+].[OH3+]. The van der Waals surface area contributed by atoms with Crippen LogP contribution in [0.15, 0.2) is 97.3 Å². The third-order valence-corrected chi connectivity index (χ3v) is 5.31. The number of aryl methyl sites for hydroxylation is 2. The van der Waals surface area contributed by atoms with Crippen molar-refractivity contribution >= 4 is 0 Å². The first-order chi connectivity index (χ1) is 17.7. The van der Waals surface area contributed by atoms with Crippen molar-refractivity contribution in [3.63, 3.8) is 0 Å². The molecule has 0 radical (unpaired) electrons. The summed E-state index contributed by atoms with van der Waals surface area (Å²) in [6.45, 7) is 4.10. The van der Waals surface area contributed by atoms with Gasteiger partial charge in [-0.15, -0.1) is 0 Å². The Morgan fingerprint density at radius 3 is 1.56 bits per heavy atom. The van der Waals surface area contributed by atoms with Crippen LogP contribution in [0.25, 0.3) is 45.8 Å². The van der Waals surface area contributed by atoms with Crippen LogP contribution in [0.1, 0.15) is 11.1 Å². The van der Waals surface area contributed by atoms with E-state index in [1.54, 1.807) is 12.4 Å². The number of hydrogen-bond acceptors (Lipinski definition) is 6. The van der Waals surface area contributed by atoms with Gasteiger partial charge in [0, 0.05) is 12.4 Å². The number of pyridine rings is 2. The molecule has 200 valence electrons. The molecule has 4 heterocycles. The molecule has 6 rings (SSSR count). The van der Waals surface area contributed by atoms with Crippen molar-refractivity contribution < 1.29 is 27.4 Å². The van der Waals surface area contributed by atoms with E-state index in [0.717, 1.165) is 22.5 Å². The van der Waals surface area contributed by atoms with Crippen molar-refractivity contribution in [1.29, 1.82) is 0 Å². The fraction of sp³-hybridized carbons (Fsp3) is 0.0714. The molecular formula is C28H28N8NiO2+2. The van der Waals surface area contributed by atoms with Gasteiger partial charge in [-0.25, -0.2) is 0 Å². The number of hydrogen-bond donors (Lipinski definition) is 0. The third-order valence-electron chi connectivity index (χ3n) is 5.31. The van der Waals surface area contributed by atoms with Crippen molar-refractivity contribution in [2.45, 2.75) is 13.8 Å². The zero-order valence-electron chi connectivity index (χ0n) is 21.3. The molecule has 0 aliphatic heterocycles. The zero-order valence-corrected chi connectivity index (χ0v) is 22.3. The number of nitrogens with zero attached hydrogens (tertiary/aromatic N) is 8. The Bertz CT molecular complexity index is 1420. The van der Waals surface area contributed by atoms with Crippen LogP contribution in [0, 0.1) is 13.8 Å². The zero-order chi connectivity index (χ0) is 24.7. The summed E-state index contributed by atoms with van der Waals surface area (Å²) >= 11 is 0. The molecule has 2 aromatic carbocycles. The van der Waals surface area contributed by atoms with Gasteiger partial charge in [-0.1, -0.05) is 71.8 Å². The smallest absolute Gasteiger partial charge is 0.457 e. The van der Waals surface area contributed by atoms with Crippen molar-refractivity contribution in [1.82, 2.24) is 40.3 Å². The molecule has 10 nitrogen and oxygen atoms in total. The maximum absolute atomic E-state index is 4.40. The molecule has 0 fully saturated rings. The largest absolute Gasteiger partial charge is 2.00 e. The average molecular weight is 567 g/mol. The summed E-state index contributed by atoms with van der Waals surface area (Å²) in [5, 5.41) is 16.3. The van der Waals surface area contributed by atoms with Gasteiger partial charge in [0.25, 0.3) is 0 Å². The molecular weight excluding hydrogens is 539 g/mol. The Kier molecular flexibility index (Phi) is 11.3. The van der Waals surface area contributed by atoms with E-state index in [2.05, 4.69) is 40.3 Å². The first-order valence-corrected chi connectivity index (χ1v) is 11.4. The maximum Gasteiger partial charge on any atom is 2.00 e. The van der Waals surface area contributed by atoms with Crippen LogP contribution in [-0.4, -0.2) is 30.1 Å². The van der Waals surface area contributed by atoms with Crippen molar-refractivity contribution in [3.05, 3.63) is 108 Å². The third kappa shape index (κ3) is 7.72. The quantitative estimate of drug-likeness (QED) is 0.231. The molecule has 0 atom stereocenters. The van der Waals surface area contributed by atoms with Crippen LogP contribution in [-0.2, 0) is 27.4 Å². The van der Waals surface area contributed by atoms with E-state index in [9.17, 15) is 0 Å². The van der Waals surface area contributed by atoms with E-state index < -0.39 is 0 Å². The molecule has 4 aromatic heterocycles. The van der Waals surface area contributed by atoms with Gasteiger partial charge in [0.15, 0.2) is 0 Å². The fourth-order valence-corrected chi connectivity index (χ4v) is 3.34. The van der Waals surface area contributed by atoms with E-state index in [1.165, 1.54) is 11.1 Å². The molecule has 39 heavy (non-hydrogen) atoms. The molecule has 0 amide bonds. The first kappa shape index (κ1) is 30.7. The molecule has 0 saturated heterocycles. The second-order valence-corrected chi connectivity index (χ2v) is 8.08. The predicted octanol–water partition coefficient (Wildman–Crippen LogP) is 3.10. The standard InChI is InChI=1S/2C14H11N4.Ni.2H2O/c2*1-10-5-7-11(8-6-10)13-16-14(18-17-13)12-4-2-3-9-15-12;;;/h2*2-9H,1H3;;2*1H2/q2*-1;+2;;/p+2. The Morgan fingerprint density at radius 1 is 0.513 bits per heavy atom. The fourth-order valence-electron chi connectivity index (χ4n) is 3.34. The molecule has 0 saturated carbocycles. The topological polar surface area (TPSA) is 172 Å². The van der Waals surface area contributed by atoms with Gasteiger partial charge in [0.1, 0.15) is 0 Å². The molecule has 0 unspecified atom stereocenters. The van der Waals surface area contributed by atoms with Crippen LogP contribution in [0.3, 0.4) is 0 Å². The normalized spacial score (nSPS) is 9.69. The number of aromatic nitrogens is 8. The van der Waals surface area contributed by atoms with Gasteiger partial charge < -0.3 is 31.1 Å². The van der Waals surface area contributed by atoms with Gasteiger partial charge in [0.05, 0.1) is 23.0 Å². The molecule has 0 spiro atoms. The van der Waals surface area contributed by atoms with Crippen LogP contribution in [0.4, 0.5) is 0 Å². The summed E-state index contributed by atoms with van der Waals surface area (Å²) in [4.78, 5) is 17.2. The summed E-state index contributed by atoms with van der Waals surface area (Å²) < 4.78 is 0. The minimum atomic E-state index is 0. The maximum atomic E-state index is 4.40. The monoisotopic (exact) mass is 566 g/mol. The summed E-state index contributed by atoms with van der Waals surface area (Å²) in [6, 6.07) is 27.4. The van der Waals surface area contributed by atoms with Gasteiger partial charge in [-0.3, -0.25) is 20.2 Å². The predicted molar refractivity (Wildman–Crippen MR) is 147 cm³/mol. The summed E-state index contributed by atoms with van der Waals surface area (Å²) in [5.74, 6) is 2.39. The molecule has 11 heteroatoms. The first-order valence-electron chi connectivity index (χ1n) is 11.4. The second-order valence-electron chi connectivity index (χ2n) is 8.08.